The molecule has 1 aromatic rings. The first-order valence-electron chi connectivity index (χ1n) is 4.16. The van der Waals surface area contributed by atoms with Crippen molar-refractivity contribution in [2.45, 2.75) is 19.9 Å². The summed E-state index contributed by atoms with van der Waals surface area (Å²) < 4.78 is 0.976. The number of carbonyl (C=O) groups is 1. The molecule has 0 aliphatic rings. The minimum absolute atomic E-state index is 0.0875. The zero-order valence-corrected chi connectivity index (χ0v) is 10.0. The molecule has 0 saturated carbocycles. The van der Waals surface area contributed by atoms with E-state index in [1.165, 1.54) is 11.3 Å². The highest BCUT2D eigenvalue weighted by atomic mass is 79.9. The lowest BCUT2D eigenvalue weighted by atomic mass is 10.2. The number of carbonyl (C=O) groups excluding carboxylic acids is 1. The van der Waals surface area contributed by atoms with Gasteiger partial charge in [-0.2, -0.15) is 0 Å². The molecule has 0 amide bonds. The fourth-order valence-corrected chi connectivity index (χ4v) is 2.51. The predicted octanol–water partition coefficient (Wildman–Crippen LogP) is 2.69. The van der Waals surface area contributed by atoms with Crippen molar-refractivity contribution in [2.24, 2.45) is 0 Å². The van der Waals surface area contributed by atoms with Crippen molar-refractivity contribution in [3.63, 3.8) is 0 Å². The number of hydrogen-bond donors (Lipinski definition) is 1. The molecule has 1 aromatic heterocycles. The van der Waals surface area contributed by atoms with Gasteiger partial charge in [0.15, 0.2) is 5.78 Å². The highest BCUT2D eigenvalue weighted by molar-refractivity contribution is 9.10. The maximum absolute atomic E-state index is 11.7. The summed E-state index contributed by atoms with van der Waals surface area (Å²) >= 11 is 4.80. The SMILES string of the molecule is CCNC(C)C(=O)c1cc(Br)cs1. The van der Waals surface area contributed by atoms with E-state index in [1.807, 2.05) is 25.3 Å². The Balaban J connectivity index is 2.67. The van der Waals surface area contributed by atoms with Gasteiger partial charge in [-0.1, -0.05) is 6.92 Å². The predicted molar refractivity (Wildman–Crippen MR) is 59.5 cm³/mol. The summed E-state index contributed by atoms with van der Waals surface area (Å²) in [5, 5.41) is 5.02. The molecule has 13 heavy (non-hydrogen) atoms. The van der Waals surface area contributed by atoms with Gasteiger partial charge in [-0.25, -0.2) is 0 Å². The van der Waals surface area contributed by atoms with Crippen LogP contribution in [0, 0.1) is 0 Å². The largest absolute Gasteiger partial charge is 0.308 e. The second kappa shape index (κ2) is 4.88. The average molecular weight is 262 g/mol. The Labute approximate surface area is 90.5 Å². The Morgan fingerprint density at radius 3 is 2.92 bits per heavy atom. The quantitative estimate of drug-likeness (QED) is 0.845. The second-order valence-corrected chi connectivity index (χ2v) is 4.60. The number of rotatable bonds is 4. The number of thiophene rings is 1. The molecule has 0 bridgehead atoms. The molecule has 0 aromatic carbocycles. The summed E-state index contributed by atoms with van der Waals surface area (Å²) in [6.45, 7) is 4.70. The molecule has 0 radical (unpaired) electrons. The van der Waals surface area contributed by atoms with Crippen LogP contribution >= 0.6 is 27.3 Å². The van der Waals surface area contributed by atoms with Crippen molar-refractivity contribution in [3.05, 3.63) is 20.8 Å². The number of nitrogens with one attached hydrogen (secondary N) is 1. The first kappa shape index (κ1) is 10.9. The Morgan fingerprint density at radius 2 is 2.46 bits per heavy atom. The monoisotopic (exact) mass is 261 g/mol. The molecule has 1 atom stereocenters. The highest BCUT2D eigenvalue weighted by Gasteiger charge is 2.15. The summed E-state index contributed by atoms with van der Waals surface area (Å²) in [5.74, 6) is 0.164. The van der Waals surface area contributed by atoms with Crippen LogP contribution in [-0.4, -0.2) is 18.4 Å². The van der Waals surface area contributed by atoms with Crippen molar-refractivity contribution in [1.29, 1.82) is 0 Å². The number of halogens is 1. The van der Waals surface area contributed by atoms with Crippen molar-refractivity contribution < 1.29 is 4.79 Å². The summed E-state index contributed by atoms with van der Waals surface area (Å²) in [6, 6.07) is 1.77. The van der Waals surface area contributed by atoms with Gasteiger partial charge in [0.2, 0.25) is 0 Å². The van der Waals surface area contributed by atoms with Crippen molar-refractivity contribution in [2.75, 3.05) is 6.54 Å². The molecule has 72 valence electrons. The van der Waals surface area contributed by atoms with E-state index < -0.39 is 0 Å². The van der Waals surface area contributed by atoms with Gasteiger partial charge in [0.25, 0.3) is 0 Å². The summed E-state index contributed by atoms with van der Waals surface area (Å²) in [4.78, 5) is 12.5. The zero-order chi connectivity index (χ0) is 9.84. The van der Waals surface area contributed by atoms with Crippen LogP contribution in [0.4, 0.5) is 0 Å². The molecule has 0 fully saturated rings. The molecule has 0 aliphatic heterocycles. The summed E-state index contributed by atoms with van der Waals surface area (Å²) in [7, 11) is 0. The van der Waals surface area contributed by atoms with Crippen LogP contribution in [0.1, 0.15) is 23.5 Å². The van der Waals surface area contributed by atoms with E-state index in [4.69, 9.17) is 0 Å². The van der Waals surface area contributed by atoms with Crippen LogP contribution in [0.2, 0.25) is 0 Å². The lowest BCUT2D eigenvalue weighted by molar-refractivity contribution is 0.0956. The maximum atomic E-state index is 11.7. The lowest BCUT2D eigenvalue weighted by Crippen LogP contribution is -2.33. The Hall–Kier alpha value is -0.190. The van der Waals surface area contributed by atoms with Crippen LogP contribution in [0.25, 0.3) is 0 Å². The molecule has 0 spiro atoms. The molecule has 0 saturated heterocycles. The van der Waals surface area contributed by atoms with Gasteiger partial charge >= 0.3 is 0 Å². The third kappa shape index (κ3) is 2.90. The molecular weight excluding hydrogens is 250 g/mol. The lowest BCUT2D eigenvalue weighted by Gasteiger charge is -2.08. The van der Waals surface area contributed by atoms with Gasteiger partial charge in [-0.05, 0) is 35.5 Å². The molecule has 1 heterocycles. The van der Waals surface area contributed by atoms with Gasteiger partial charge in [0.05, 0.1) is 10.9 Å². The van der Waals surface area contributed by atoms with Crippen molar-refractivity contribution >= 4 is 33.0 Å². The van der Waals surface area contributed by atoms with Crippen molar-refractivity contribution in [1.82, 2.24) is 5.32 Å². The maximum Gasteiger partial charge on any atom is 0.189 e. The summed E-state index contributed by atoms with van der Waals surface area (Å²) in [5.41, 5.74) is 0. The van der Waals surface area contributed by atoms with Crippen LogP contribution in [0.5, 0.6) is 0 Å². The fraction of sp³-hybridized carbons (Fsp3) is 0.444. The smallest absolute Gasteiger partial charge is 0.189 e. The van der Waals surface area contributed by atoms with Crippen LogP contribution in [0.3, 0.4) is 0 Å². The van der Waals surface area contributed by atoms with E-state index in [0.717, 1.165) is 15.9 Å². The second-order valence-electron chi connectivity index (χ2n) is 2.77. The van der Waals surface area contributed by atoms with E-state index in [-0.39, 0.29) is 11.8 Å². The van der Waals surface area contributed by atoms with Gasteiger partial charge in [0, 0.05) is 9.85 Å². The van der Waals surface area contributed by atoms with E-state index in [9.17, 15) is 4.79 Å². The Kier molecular flexibility index (Phi) is 4.09. The summed E-state index contributed by atoms with van der Waals surface area (Å²) in [6.07, 6.45) is 0. The van der Waals surface area contributed by atoms with Crippen LogP contribution < -0.4 is 5.32 Å². The van der Waals surface area contributed by atoms with E-state index in [2.05, 4.69) is 21.2 Å². The van der Waals surface area contributed by atoms with Gasteiger partial charge < -0.3 is 5.32 Å². The van der Waals surface area contributed by atoms with Gasteiger partial charge in [-0.15, -0.1) is 11.3 Å². The topological polar surface area (TPSA) is 29.1 Å². The van der Waals surface area contributed by atoms with Crippen LogP contribution in [0.15, 0.2) is 15.9 Å². The highest BCUT2D eigenvalue weighted by Crippen LogP contribution is 2.20. The zero-order valence-electron chi connectivity index (χ0n) is 7.63. The Morgan fingerprint density at radius 1 is 1.77 bits per heavy atom. The standard InChI is InChI=1S/C9H12BrNOS/c1-3-11-6(2)9(12)8-4-7(10)5-13-8/h4-6,11H,3H2,1-2H3. The van der Waals surface area contributed by atoms with Gasteiger partial charge in [0.1, 0.15) is 0 Å². The number of likely N-dealkylation sites (N-methyl/N-ethyl adjacent to an activating group) is 1. The van der Waals surface area contributed by atoms with E-state index in [0.29, 0.717) is 0 Å². The average Bonchev–Trinajstić information content (AvgIpc) is 2.51. The third-order valence-corrected chi connectivity index (χ3v) is 3.42. The molecule has 1 unspecified atom stereocenters. The minimum Gasteiger partial charge on any atom is -0.308 e. The third-order valence-electron chi connectivity index (χ3n) is 1.71. The van der Waals surface area contributed by atoms with E-state index >= 15 is 0 Å². The molecule has 2 nitrogen and oxygen atoms in total. The Bertz CT molecular complexity index is 298. The number of ketones is 1. The first-order chi connectivity index (χ1) is 6.15. The van der Waals surface area contributed by atoms with Gasteiger partial charge in [-0.3, -0.25) is 4.79 Å². The number of hydrogen-bond acceptors (Lipinski definition) is 3. The minimum atomic E-state index is -0.0875. The number of Topliss-reactive ketones (excluding diaryl/α,β-unsaturated/α-hetero) is 1. The fourth-order valence-electron chi connectivity index (χ4n) is 1.05. The van der Waals surface area contributed by atoms with Crippen LogP contribution in [-0.2, 0) is 0 Å². The molecule has 1 N–H and O–H groups in total. The van der Waals surface area contributed by atoms with E-state index in [1.54, 1.807) is 0 Å². The molecule has 1 rings (SSSR count). The molecule has 4 heteroatoms. The molecule has 0 aliphatic carbocycles. The first-order valence-corrected chi connectivity index (χ1v) is 5.84. The molecular formula is C9H12BrNOS. The normalized spacial score (nSPS) is 12.8. The van der Waals surface area contributed by atoms with Crippen molar-refractivity contribution in [3.8, 4) is 0 Å².